The van der Waals surface area contributed by atoms with E-state index in [1.54, 1.807) is 49.3 Å². The summed E-state index contributed by atoms with van der Waals surface area (Å²) in [7, 11) is 3.29. The average molecular weight is 385 g/mol. The number of benzene rings is 1. The Morgan fingerprint density at radius 2 is 1.79 bits per heavy atom. The Morgan fingerprint density at radius 3 is 2.43 bits per heavy atom. The van der Waals surface area contributed by atoms with Crippen LogP contribution in [0.15, 0.2) is 42.5 Å². The van der Waals surface area contributed by atoms with E-state index >= 15 is 0 Å². The van der Waals surface area contributed by atoms with Crippen LogP contribution in [0.4, 0.5) is 10.6 Å². The van der Waals surface area contributed by atoms with Crippen LogP contribution < -0.4 is 9.64 Å². The molecule has 0 bridgehead atoms. The van der Waals surface area contributed by atoms with E-state index in [4.69, 9.17) is 14.2 Å². The van der Waals surface area contributed by atoms with Crippen molar-refractivity contribution in [3.05, 3.63) is 53.7 Å². The molecule has 1 saturated heterocycles. The van der Waals surface area contributed by atoms with Crippen molar-refractivity contribution < 1.29 is 23.8 Å². The molecule has 0 N–H and O–H groups in total. The zero-order valence-electron chi connectivity index (χ0n) is 16.1. The topological polar surface area (TPSA) is 81.2 Å². The Balaban J connectivity index is 1.83. The van der Waals surface area contributed by atoms with Crippen molar-refractivity contribution in [2.45, 2.75) is 19.8 Å². The van der Waals surface area contributed by atoms with E-state index in [0.717, 1.165) is 5.56 Å². The Kier molecular flexibility index (Phi) is 6.23. The summed E-state index contributed by atoms with van der Waals surface area (Å²) in [5, 5.41) is 0. The average Bonchev–Trinajstić information content (AvgIpc) is 3.23. The van der Waals surface area contributed by atoms with Crippen LogP contribution in [-0.2, 0) is 20.8 Å². The fraction of sp³-hybridized carbons (Fsp3) is 0.350. The number of carbonyl (C=O) groups excluding carboxylic acids is 2. The zero-order valence-corrected chi connectivity index (χ0v) is 16.1. The summed E-state index contributed by atoms with van der Waals surface area (Å²) in [6.07, 6.45) is -1.19. The molecule has 28 heavy (non-hydrogen) atoms. The van der Waals surface area contributed by atoms with Gasteiger partial charge in [0.15, 0.2) is 0 Å². The molecule has 3 rings (SSSR count). The predicted octanol–water partition coefficient (Wildman–Crippen LogP) is 2.74. The molecule has 148 valence electrons. The number of pyridine rings is 1. The lowest BCUT2D eigenvalue weighted by Crippen LogP contribution is -2.31. The van der Waals surface area contributed by atoms with Crippen molar-refractivity contribution >= 4 is 17.8 Å². The number of ether oxygens (including phenoxy) is 3. The van der Waals surface area contributed by atoms with E-state index in [2.05, 4.69) is 4.98 Å². The SMILES string of the molecule is CC(=O)N(C)Cc1ccc(N(C)C(=O)Oc2ccccc2)nc1C1OCCO1. The highest BCUT2D eigenvalue weighted by molar-refractivity contribution is 5.87. The molecule has 1 aliphatic heterocycles. The maximum absolute atomic E-state index is 12.4. The van der Waals surface area contributed by atoms with Gasteiger partial charge in [-0.3, -0.25) is 9.69 Å². The summed E-state index contributed by atoms with van der Waals surface area (Å²) in [6.45, 7) is 2.78. The number of aromatic nitrogens is 1. The molecule has 8 nitrogen and oxygen atoms in total. The number of nitrogens with zero attached hydrogens (tertiary/aromatic N) is 3. The summed E-state index contributed by atoms with van der Waals surface area (Å²) < 4.78 is 16.5. The number of anilines is 1. The maximum Gasteiger partial charge on any atom is 0.420 e. The summed E-state index contributed by atoms with van der Waals surface area (Å²) in [4.78, 5) is 31.5. The van der Waals surface area contributed by atoms with Crippen molar-refractivity contribution in [1.29, 1.82) is 0 Å². The first-order valence-electron chi connectivity index (χ1n) is 8.91. The van der Waals surface area contributed by atoms with E-state index in [1.165, 1.54) is 11.8 Å². The van der Waals surface area contributed by atoms with Crippen molar-refractivity contribution in [2.75, 3.05) is 32.2 Å². The number of amides is 2. The Labute approximate surface area is 163 Å². The molecule has 0 unspecified atom stereocenters. The summed E-state index contributed by atoms with van der Waals surface area (Å²) >= 11 is 0. The number of carbonyl (C=O) groups is 2. The van der Waals surface area contributed by atoms with E-state index < -0.39 is 12.4 Å². The molecule has 0 saturated carbocycles. The predicted molar refractivity (Wildman–Crippen MR) is 102 cm³/mol. The maximum atomic E-state index is 12.4. The van der Waals surface area contributed by atoms with Gasteiger partial charge in [0.25, 0.3) is 0 Å². The molecule has 0 radical (unpaired) electrons. The minimum absolute atomic E-state index is 0.0631. The Bertz CT molecular complexity index is 837. The number of hydrogen-bond acceptors (Lipinski definition) is 6. The van der Waals surface area contributed by atoms with Crippen LogP contribution in [-0.4, -0.2) is 49.2 Å². The van der Waals surface area contributed by atoms with E-state index in [9.17, 15) is 9.59 Å². The normalized spacial score (nSPS) is 14.0. The fourth-order valence-electron chi connectivity index (χ4n) is 2.65. The minimum Gasteiger partial charge on any atom is -0.410 e. The molecular weight excluding hydrogens is 362 g/mol. The van der Waals surface area contributed by atoms with Gasteiger partial charge in [-0.1, -0.05) is 24.3 Å². The van der Waals surface area contributed by atoms with E-state index in [0.29, 0.717) is 37.0 Å². The van der Waals surface area contributed by atoms with Gasteiger partial charge < -0.3 is 19.1 Å². The molecule has 2 heterocycles. The van der Waals surface area contributed by atoms with Gasteiger partial charge in [-0.05, 0) is 23.8 Å². The lowest BCUT2D eigenvalue weighted by Gasteiger charge is -2.22. The van der Waals surface area contributed by atoms with Crippen LogP contribution in [0.2, 0.25) is 0 Å². The molecule has 0 atom stereocenters. The lowest BCUT2D eigenvalue weighted by molar-refractivity contribution is -0.128. The van der Waals surface area contributed by atoms with Crippen LogP contribution in [0.1, 0.15) is 24.5 Å². The van der Waals surface area contributed by atoms with Gasteiger partial charge >= 0.3 is 6.09 Å². The minimum atomic E-state index is -0.631. The van der Waals surface area contributed by atoms with Gasteiger partial charge in [-0.25, -0.2) is 9.78 Å². The molecule has 1 aromatic heterocycles. The third kappa shape index (κ3) is 4.65. The second-order valence-electron chi connectivity index (χ2n) is 6.40. The number of para-hydroxylation sites is 1. The largest absolute Gasteiger partial charge is 0.420 e. The second kappa shape index (κ2) is 8.81. The monoisotopic (exact) mass is 385 g/mol. The van der Waals surface area contributed by atoms with Crippen molar-refractivity contribution in [1.82, 2.24) is 9.88 Å². The van der Waals surface area contributed by atoms with Crippen molar-refractivity contribution in [3.8, 4) is 5.75 Å². The highest BCUT2D eigenvalue weighted by Crippen LogP contribution is 2.28. The first-order chi connectivity index (χ1) is 13.5. The van der Waals surface area contributed by atoms with Gasteiger partial charge in [-0.15, -0.1) is 0 Å². The molecule has 0 aliphatic carbocycles. The summed E-state index contributed by atoms with van der Waals surface area (Å²) in [5.74, 6) is 0.776. The molecule has 0 spiro atoms. The fourth-order valence-corrected chi connectivity index (χ4v) is 2.65. The highest BCUT2D eigenvalue weighted by Gasteiger charge is 2.26. The number of hydrogen-bond donors (Lipinski definition) is 0. The van der Waals surface area contributed by atoms with Crippen molar-refractivity contribution in [2.24, 2.45) is 0 Å². The van der Waals surface area contributed by atoms with Crippen LogP contribution >= 0.6 is 0 Å². The summed E-state index contributed by atoms with van der Waals surface area (Å²) in [5.41, 5.74) is 1.33. The third-order valence-electron chi connectivity index (χ3n) is 4.35. The van der Waals surface area contributed by atoms with Gasteiger partial charge in [0.1, 0.15) is 17.3 Å². The molecule has 1 aliphatic rings. The van der Waals surface area contributed by atoms with Gasteiger partial charge in [0, 0.05) is 27.6 Å². The quantitative estimate of drug-likeness (QED) is 0.787. The van der Waals surface area contributed by atoms with Gasteiger partial charge in [0.2, 0.25) is 12.2 Å². The van der Waals surface area contributed by atoms with E-state index in [-0.39, 0.29) is 5.91 Å². The molecule has 2 aromatic rings. The first-order valence-corrected chi connectivity index (χ1v) is 8.91. The first kappa shape index (κ1) is 19.8. The smallest absolute Gasteiger partial charge is 0.410 e. The molecular formula is C20H23N3O5. The third-order valence-corrected chi connectivity index (χ3v) is 4.35. The molecule has 8 heteroatoms. The van der Waals surface area contributed by atoms with Gasteiger partial charge in [0.05, 0.1) is 13.2 Å². The van der Waals surface area contributed by atoms with Crippen LogP contribution in [0.5, 0.6) is 5.75 Å². The molecule has 1 aromatic carbocycles. The second-order valence-corrected chi connectivity index (χ2v) is 6.40. The van der Waals surface area contributed by atoms with Crippen molar-refractivity contribution in [3.63, 3.8) is 0 Å². The number of rotatable bonds is 5. The van der Waals surface area contributed by atoms with Crippen LogP contribution in [0.25, 0.3) is 0 Å². The highest BCUT2D eigenvalue weighted by atomic mass is 16.7. The van der Waals surface area contributed by atoms with E-state index in [1.807, 2.05) is 12.1 Å². The summed E-state index contributed by atoms with van der Waals surface area (Å²) in [6, 6.07) is 12.3. The zero-order chi connectivity index (χ0) is 20.1. The Hall–Kier alpha value is -2.97. The molecule has 2 amide bonds. The van der Waals surface area contributed by atoms with Crippen LogP contribution in [0, 0.1) is 0 Å². The van der Waals surface area contributed by atoms with Crippen LogP contribution in [0.3, 0.4) is 0 Å². The lowest BCUT2D eigenvalue weighted by atomic mass is 10.1. The molecule has 1 fully saturated rings. The van der Waals surface area contributed by atoms with Gasteiger partial charge in [-0.2, -0.15) is 0 Å². The Morgan fingerprint density at radius 1 is 1.11 bits per heavy atom. The standard InChI is InChI=1S/C20H23N3O5/c1-14(24)22(2)13-15-9-10-17(21-18(15)19-26-11-12-27-19)23(3)20(25)28-16-7-5-4-6-8-16/h4-10,19H,11-13H2,1-3H3.